The SMILES string of the molecule is COc1ccc(CNC(=S)NC[C@H](c2cccc(OC)c2)N(C)C)cc1. The average molecular weight is 374 g/mol. The molecule has 0 bridgehead atoms. The molecule has 0 aliphatic carbocycles. The molecule has 0 aliphatic heterocycles. The number of hydrogen-bond donors (Lipinski definition) is 2. The molecule has 0 radical (unpaired) electrons. The highest BCUT2D eigenvalue weighted by Gasteiger charge is 2.15. The predicted molar refractivity (Wildman–Crippen MR) is 110 cm³/mol. The first-order valence-corrected chi connectivity index (χ1v) is 8.89. The molecule has 2 N–H and O–H groups in total. The zero-order valence-electron chi connectivity index (χ0n) is 15.8. The molecule has 0 spiro atoms. The van der Waals surface area contributed by atoms with E-state index in [1.807, 2.05) is 36.4 Å². The van der Waals surface area contributed by atoms with Crippen molar-refractivity contribution >= 4 is 17.3 Å². The van der Waals surface area contributed by atoms with Crippen LogP contribution in [0.2, 0.25) is 0 Å². The highest BCUT2D eigenvalue weighted by atomic mass is 32.1. The second-order valence-corrected chi connectivity index (χ2v) is 6.58. The molecule has 6 heteroatoms. The monoisotopic (exact) mass is 373 g/mol. The van der Waals surface area contributed by atoms with Crippen molar-refractivity contribution in [2.75, 3.05) is 34.9 Å². The lowest BCUT2D eigenvalue weighted by Gasteiger charge is -2.26. The van der Waals surface area contributed by atoms with E-state index in [1.165, 1.54) is 5.56 Å². The molecule has 0 saturated heterocycles. The molecule has 26 heavy (non-hydrogen) atoms. The molecule has 0 heterocycles. The summed E-state index contributed by atoms with van der Waals surface area (Å²) < 4.78 is 10.5. The number of likely N-dealkylation sites (N-methyl/N-ethyl adjacent to an activating group) is 1. The summed E-state index contributed by atoms with van der Waals surface area (Å²) in [5.74, 6) is 1.70. The van der Waals surface area contributed by atoms with E-state index in [-0.39, 0.29) is 6.04 Å². The fourth-order valence-electron chi connectivity index (χ4n) is 2.62. The summed E-state index contributed by atoms with van der Waals surface area (Å²) >= 11 is 5.42. The minimum atomic E-state index is 0.186. The van der Waals surface area contributed by atoms with Crippen LogP contribution < -0.4 is 20.1 Å². The van der Waals surface area contributed by atoms with Crippen molar-refractivity contribution in [3.8, 4) is 11.5 Å². The van der Waals surface area contributed by atoms with E-state index >= 15 is 0 Å². The Labute approximate surface area is 161 Å². The lowest BCUT2D eigenvalue weighted by molar-refractivity contribution is 0.297. The van der Waals surface area contributed by atoms with Crippen LogP contribution >= 0.6 is 12.2 Å². The van der Waals surface area contributed by atoms with Gasteiger partial charge in [-0.3, -0.25) is 0 Å². The summed E-state index contributed by atoms with van der Waals surface area (Å²) in [7, 11) is 7.45. The van der Waals surface area contributed by atoms with Crippen molar-refractivity contribution in [2.45, 2.75) is 12.6 Å². The zero-order valence-corrected chi connectivity index (χ0v) is 16.6. The number of ether oxygens (including phenoxy) is 2. The molecule has 0 aliphatic rings. The van der Waals surface area contributed by atoms with E-state index in [4.69, 9.17) is 21.7 Å². The second kappa shape index (κ2) is 9.99. The Bertz CT molecular complexity index is 704. The quantitative estimate of drug-likeness (QED) is 0.694. The Morgan fingerprint density at radius 3 is 2.31 bits per heavy atom. The molecular formula is C20H27N3O2S. The number of nitrogens with one attached hydrogen (secondary N) is 2. The maximum absolute atomic E-state index is 5.42. The van der Waals surface area contributed by atoms with Gasteiger partial charge in [0.1, 0.15) is 11.5 Å². The topological polar surface area (TPSA) is 45.8 Å². The van der Waals surface area contributed by atoms with Gasteiger partial charge in [-0.1, -0.05) is 24.3 Å². The first-order chi connectivity index (χ1) is 12.5. The minimum Gasteiger partial charge on any atom is -0.497 e. The van der Waals surface area contributed by atoms with E-state index < -0.39 is 0 Å². The molecule has 5 nitrogen and oxygen atoms in total. The van der Waals surface area contributed by atoms with Crippen molar-refractivity contribution in [2.24, 2.45) is 0 Å². The molecule has 2 aromatic carbocycles. The maximum atomic E-state index is 5.42. The molecule has 0 fully saturated rings. The third-order valence-corrected chi connectivity index (χ3v) is 4.46. The van der Waals surface area contributed by atoms with Gasteiger partial charge < -0.3 is 25.0 Å². The Morgan fingerprint density at radius 2 is 1.69 bits per heavy atom. The van der Waals surface area contributed by atoms with Gasteiger partial charge in [0.15, 0.2) is 5.11 Å². The van der Waals surface area contributed by atoms with Gasteiger partial charge in [0.05, 0.1) is 20.3 Å². The molecule has 0 aromatic heterocycles. The Hall–Kier alpha value is -2.31. The van der Waals surface area contributed by atoms with Gasteiger partial charge in [-0.05, 0) is 61.7 Å². The number of benzene rings is 2. The molecular weight excluding hydrogens is 346 g/mol. The van der Waals surface area contributed by atoms with Crippen LogP contribution in [0.3, 0.4) is 0 Å². The van der Waals surface area contributed by atoms with Crippen molar-refractivity contribution in [3.63, 3.8) is 0 Å². The van der Waals surface area contributed by atoms with Crippen molar-refractivity contribution in [1.29, 1.82) is 0 Å². The molecule has 0 saturated carbocycles. The van der Waals surface area contributed by atoms with Crippen LogP contribution in [0.15, 0.2) is 48.5 Å². The highest BCUT2D eigenvalue weighted by molar-refractivity contribution is 7.80. The van der Waals surface area contributed by atoms with Crippen molar-refractivity contribution < 1.29 is 9.47 Å². The fourth-order valence-corrected chi connectivity index (χ4v) is 2.78. The van der Waals surface area contributed by atoms with E-state index in [1.54, 1.807) is 14.2 Å². The summed E-state index contributed by atoms with van der Waals surface area (Å²) in [5.41, 5.74) is 2.33. The van der Waals surface area contributed by atoms with Crippen LogP contribution in [0.1, 0.15) is 17.2 Å². The standard InChI is InChI=1S/C20H27N3O2S/c1-23(2)19(16-6-5-7-18(12-16)25-4)14-22-20(26)21-13-15-8-10-17(24-3)11-9-15/h5-12,19H,13-14H2,1-4H3,(H2,21,22,26)/t19-/m1/s1. The summed E-state index contributed by atoms with van der Waals surface area (Å²) in [6, 6.07) is 16.2. The number of methoxy groups -OCH3 is 2. The van der Waals surface area contributed by atoms with Gasteiger partial charge in [-0.25, -0.2) is 0 Å². The number of nitrogens with zero attached hydrogens (tertiary/aromatic N) is 1. The first-order valence-electron chi connectivity index (χ1n) is 8.48. The van der Waals surface area contributed by atoms with Crippen LogP contribution in [0.25, 0.3) is 0 Å². The minimum absolute atomic E-state index is 0.186. The summed E-state index contributed by atoms with van der Waals surface area (Å²) in [5, 5.41) is 7.18. The fraction of sp³-hybridized carbons (Fsp3) is 0.350. The Morgan fingerprint density at radius 1 is 1.00 bits per heavy atom. The average Bonchev–Trinajstić information content (AvgIpc) is 2.66. The first kappa shape index (κ1) is 20.0. The van der Waals surface area contributed by atoms with Gasteiger partial charge in [0.2, 0.25) is 0 Å². The summed E-state index contributed by atoms with van der Waals surface area (Å²) in [4.78, 5) is 2.16. The molecule has 0 unspecified atom stereocenters. The number of rotatable bonds is 8. The van der Waals surface area contributed by atoms with Gasteiger partial charge in [-0.2, -0.15) is 0 Å². The van der Waals surface area contributed by atoms with Crippen LogP contribution in [-0.2, 0) is 6.54 Å². The third-order valence-electron chi connectivity index (χ3n) is 4.17. The van der Waals surface area contributed by atoms with Gasteiger partial charge >= 0.3 is 0 Å². The lowest BCUT2D eigenvalue weighted by Crippen LogP contribution is -2.40. The molecule has 1 atom stereocenters. The smallest absolute Gasteiger partial charge is 0.166 e. The van der Waals surface area contributed by atoms with Crippen molar-refractivity contribution in [3.05, 3.63) is 59.7 Å². The molecule has 2 aromatic rings. The van der Waals surface area contributed by atoms with Crippen molar-refractivity contribution in [1.82, 2.24) is 15.5 Å². The number of thiocarbonyl (C=S) groups is 1. The van der Waals surface area contributed by atoms with E-state index in [2.05, 4.69) is 41.8 Å². The van der Waals surface area contributed by atoms with E-state index in [9.17, 15) is 0 Å². The van der Waals surface area contributed by atoms with Crippen LogP contribution in [0, 0.1) is 0 Å². The summed E-state index contributed by atoms with van der Waals surface area (Å²) in [6.45, 7) is 1.37. The van der Waals surface area contributed by atoms with Crippen LogP contribution in [-0.4, -0.2) is 44.9 Å². The predicted octanol–water partition coefficient (Wildman–Crippen LogP) is 2.97. The normalized spacial score (nSPS) is 11.7. The molecule has 2 rings (SSSR count). The zero-order chi connectivity index (χ0) is 18.9. The van der Waals surface area contributed by atoms with Gasteiger partial charge in [-0.15, -0.1) is 0 Å². The largest absolute Gasteiger partial charge is 0.497 e. The highest BCUT2D eigenvalue weighted by Crippen LogP contribution is 2.22. The van der Waals surface area contributed by atoms with Gasteiger partial charge in [0, 0.05) is 13.1 Å². The summed E-state index contributed by atoms with van der Waals surface area (Å²) in [6.07, 6.45) is 0. The number of hydrogen-bond acceptors (Lipinski definition) is 4. The maximum Gasteiger partial charge on any atom is 0.166 e. The second-order valence-electron chi connectivity index (χ2n) is 6.17. The van der Waals surface area contributed by atoms with E-state index in [0.29, 0.717) is 18.2 Å². The van der Waals surface area contributed by atoms with Crippen LogP contribution in [0.4, 0.5) is 0 Å². The van der Waals surface area contributed by atoms with E-state index in [0.717, 1.165) is 17.1 Å². The lowest BCUT2D eigenvalue weighted by atomic mass is 10.1. The molecule has 140 valence electrons. The Balaban J connectivity index is 1.88. The third kappa shape index (κ3) is 5.89. The molecule has 0 amide bonds. The van der Waals surface area contributed by atoms with Crippen LogP contribution in [0.5, 0.6) is 11.5 Å². The Kier molecular flexibility index (Phi) is 7.69. The van der Waals surface area contributed by atoms with Gasteiger partial charge in [0.25, 0.3) is 0 Å².